The third kappa shape index (κ3) is 2.59. The van der Waals surface area contributed by atoms with Crippen LogP contribution in [0.5, 0.6) is 0 Å². The highest BCUT2D eigenvalue weighted by Crippen LogP contribution is 2.39. The minimum Gasteiger partial charge on any atom is -0.310 e. The molecule has 4 nitrogen and oxygen atoms in total. The molecular weight excluding hydrogens is 324 g/mol. The van der Waals surface area contributed by atoms with Crippen molar-refractivity contribution >= 4 is 11.7 Å². The summed E-state index contributed by atoms with van der Waals surface area (Å²) in [6.07, 6.45) is 1.93. The fraction of sp³-hybridized carbons (Fsp3) is 0.158. The van der Waals surface area contributed by atoms with E-state index < -0.39 is 11.6 Å². The summed E-state index contributed by atoms with van der Waals surface area (Å²) < 4.78 is 28.6. The molecule has 1 N–H and O–H groups in total. The van der Waals surface area contributed by atoms with Crippen molar-refractivity contribution in [2.24, 2.45) is 0 Å². The first-order chi connectivity index (χ1) is 12.0. The van der Waals surface area contributed by atoms with Crippen LogP contribution in [0.1, 0.15) is 29.0 Å². The Morgan fingerprint density at radius 1 is 1.16 bits per heavy atom. The highest BCUT2D eigenvalue weighted by Gasteiger charge is 2.31. The largest absolute Gasteiger partial charge is 0.310 e. The van der Waals surface area contributed by atoms with E-state index in [2.05, 4.69) is 10.4 Å². The third-order valence-corrected chi connectivity index (χ3v) is 4.52. The SMILES string of the molecule is Cc1ccccc1C1CC(=O)Nc2c1cnn2-c1ccc(F)cc1F. The Kier molecular flexibility index (Phi) is 3.60. The normalized spacial score (nSPS) is 16.4. The molecule has 4 rings (SSSR count). The number of amides is 1. The Hall–Kier alpha value is -3.02. The molecule has 0 fully saturated rings. The van der Waals surface area contributed by atoms with E-state index in [1.54, 1.807) is 6.20 Å². The van der Waals surface area contributed by atoms with Gasteiger partial charge in [-0.25, -0.2) is 13.5 Å². The molecule has 126 valence electrons. The van der Waals surface area contributed by atoms with Crippen molar-refractivity contribution in [3.63, 3.8) is 0 Å². The number of nitrogens with zero attached hydrogens (tertiary/aromatic N) is 2. The first kappa shape index (κ1) is 15.5. The zero-order chi connectivity index (χ0) is 17.6. The van der Waals surface area contributed by atoms with Gasteiger partial charge in [0.05, 0.1) is 6.20 Å². The lowest BCUT2D eigenvalue weighted by Crippen LogP contribution is -2.25. The molecule has 1 aliphatic heterocycles. The molecule has 0 radical (unpaired) electrons. The van der Waals surface area contributed by atoms with Crippen LogP contribution in [-0.2, 0) is 4.79 Å². The maximum absolute atomic E-state index is 14.2. The van der Waals surface area contributed by atoms with Crippen molar-refractivity contribution in [1.29, 1.82) is 0 Å². The predicted octanol–water partition coefficient (Wildman–Crippen LogP) is 3.93. The number of hydrogen-bond acceptors (Lipinski definition) is 2. The van der Waals surface area contributed by atoms with E-state index in [-0.39, 0.29) is 17.5 Å². The summed E-state index contributed by atoms with van der Waals surface area (Å²) in [7, 11) is 0. The Bertz CT molecular complexity index is 981. The third-order valence-electron chi connectivity index (χ3n) is 4.52. The average Bonchev–Trinajstić information content (AvgIpc) is 2.98. The second-order valence-corrected chi connectivity index (χ2v) is 6.12. The van der Waals surface area contributed by atoms with Crippen molar-refractivity contribution in [3.8, 4) is 5.69 Å². The first-order valence-electron chi connectivity index (χ1n) is 7.93. The van der Waals surface area contributed by atoms with E-state index in [1.807, 2.05) is 31.2 Å². The number of hydrogen-bond donors (Lipinski definition) is 1. The second kappa shape index (κ2) is 5.81. The quantitative estimate of drug-likeness (QED) is 0.769. The van der Waals surface area contributed by atoms with Crippen molar-refractivity contribution in [3.05, 3.63) is 77.0 Å². The number of anilines is 1. The van der Waals surface area contributed by atoms with Crippen LogP contribution in [0.3, 0.4) is 0 Å². The van der Waals surface area contributed by atoms with E-state index >= 15 is 0 Å². The molecular formula is C19H15F2N3O. The molecule has 1 atom stereocenters. The molecule has 1 aliphatic rings. The van der Waals surface area contributed by atoms with Gasteiger partial charge in [-0.1, -0.05) is 24.3 Å². The van der Waals surface area contributed by atoms with Crippen LogP contribution < -0.4 is 5.32 Å². The monoisotopic (exact) mass is 339 g/mol. The Morgan fingerprint density at radius 3 is 2.72 bits per heavy atom. The standard InChI is InChI=1S/C19H15F2N3O/c1-11-4-2-3-5-13(11)14-9-18(25)23-19-15(14)10-22-24(19)17-7-6-12(20)8-16(17)21/h2-8,10,14H,9H2,1H3,(H,23,25). The molecule has 2 heterocycles. The summed E-state index contributed by atoms with van der Waals surface area (Å²) in [5, 5.41) is 7.01. The molecule has 2 aromatic carbocycles. The van der Waals surface area contributed by atoms with Crippen molar-refractivity contribution in [2.45, 2.75) is 19.3 Å². The van der Waals surface area contributed by atoms with Crippen molar-refractivity contribution in [1.82, 2.24) is 9.78 Å². The van der Waals surface area contributed by atoms with Gasteiger partial charge in [-0.05, 0) is 30.2 Å². The Labute approximate surface area is 143 Å². The van der Waals surface area contributed by atoms with E-state index in [1.165, 1.54) is 10.7 Å². The van der Waals surface area contributed by atoms with Gasteiger partial charge in [0.1, 0.15) is 17.3 Å². The molecule has 25 heavy (non-hydrogen) atoms. The van der Waals surface area contributed by atoms with Crippen molar-refractivity contribution in [2.75, 3.05) is 5.32 Å². The second-order valence-electron chi connectivity index (χ2n) is 6.12. The van der Waals surface area contributed by atoms with E-state index in [9.17, 15) is 13.6 Å². The topological polar surface area (TPSA) is 46.9 Å². The number of fused-ring (bicyclic) bond motifs is 1. The molecule has 0 bridgehead atoms. The van der Waals surface area contributed by atoms with Crippen LogP contribution in [0.25, 0.3) is 5.69 Å². The summed E-state index contributed by atoms with van der Waals surface area (Å²) in [6, 6.07) is 11.1. The average molecular weight is 339 g/mol. The minimum absolute atomic E-state index is 0.0911. The summed E-state index contributed by atoms with van der Waals surface area (Å²) in [5.74, 6) is -1.29. The fourth-order valence-electron chi connectivity index (χ4n) is 3.31. The molecule has 0 aliphatic carbocycles. The summed E-state index contributed by atoms with van der Waals surface area (Å²) >= 11 is 0. The van der Waals surface area contributed by atoms with Crippen molar-refractivity contribution < 1.29 is 13.6 Å². The zero-order valence-corrected chi connectivity index (χ0v) is 13.5. The fourth-order valence-corrected chi connectivity index (χ4v) is 3.31. The van der Waals surface area contributed by atoms with Crippen LogP contribution >= 0.6 is 0 Å². The van der Waals surface area contributed by atoms with E-state index in [0.29, 0.717) is 12.2 Å². The number of carbonyl (C=O) groups is 1. The highest BCUT2D eigenvalue weighted by molar-refractivity contribution is 5.94. The number of aromatic nitrogens is 2. The van der Waals surface area contributed by atoms with Gasteiger partial charge in [0.25, 0.3) is 0 Å². The number of rotatable bonds is 2. The number of nitrogens with one attached hydrogen (secondary N) is 1. The first-order valence-corrected chi connectivity index (χ1v) is 7.93. The van der Waals surface area contributed by atoms with Crippen LogP contribution in [0, 0.1) is 18.6 Å². The molecule has 0 spiro atoms. The lowest BCUT2D eigenvalue weighted by molar-refractivity contribution is -0.116. The zero-order valence-electron chi connectivity index (χ0n) is 13.5. The highest BCUT2D eigenvalue weighted by atomic mass is 19.1. The molecule has 3 aromatic rings. The molecule has 0 saturated heterocycles. The molecule has 6 heteroatoms. The van der Waals surface area contributed by atoms with Crippen LogP contribution in [0.15, 0.2) is 48.7 Å². The number of halogens is 2. The molecule has 1 unspecified atom stereocenters. The Balaban J connectivity index is 1.86. The number of benzene rings is 2. The summed E-state index contributed by atoms with van der Waals surface area (Å²) in [5.41, 5.74) is 3.03. The minimum atomic E-state index is -0.738. The van der Waals surface area contributed by atoms with Gasteiger partial charge in [-0.3, -0.25) is 4.79 Å². The van der Waals surface area contributed by atoms with E-state index in [0.717, 1.165) is 28.8 Å². The van der Waals surface area contributed by atoms with Gasteiger partial charge < -0.3 is 5.32 Å². The predicted molar refractivity (Wildman–Crippen MR) is 89.7 cm³/mol. The van der Waals surface area contributed by atoms with Gasteiger partial charge in [0.2, 0.25) is 5.91 Å². The smallest absolute Gasteiger partial charge is 0.226 e. The number of aryl methyl sites for hydroxylation is 1. The number of carbonyl (C=O) groups excluding carboxylic acids is 1. The Morgan fingerprint density at radius 2 is 1.96 bits per heavy atom. The van der Waals surface area contributed by atoms with E-state index in [4.69, 9.17) is 0 Å². The maximum atomic E-state index is 14.2. The summed E-state index contributed by atoms with van der Waals surface area (Å²) in [6.45, 7) is 1.99. The summed E-state index contributed by atoms with van der Waals surface area (Å²) in [4.78, 5) is 12.2. The van der Waals surface area contributed by atoms with Gasteiger partial charge in [-0.2, -0.15) is 5.10 Å². The lowest BCUT2D eigenvalue weighted by atomic mass is 9.85. The van der Waals surface area contributed by atoms with Gasteiger partial charge in [0, 0.05) is 24.0 Å². The van der Waals surface area contributed by atoms with Crippen LogP contribution in [0.2, 0.25) is 0 Å². The van der Waals surface area contributed by atoms with Gasteiger partial charge in [0.15, 0.2) is 5.82 Å². The molecule has 1 amide bonds. The lowest BCUT2D eigenvalue weighted by Gasteiger charge is -2.25. The van der Waals surface area contributed by atoms with Crippen LogP contribution in [-0.4, -0.2) is 15.7 Å². The van der Waals surface area contributed by atoms with Crippen LogP contribution in [0.4, 0.5) is 14.6 Å². The van der Waals surface area contributed by atoms with Gasteiger partial charge >= 0.3 is 0 Å². The van der Waals surface area contributed by atoms with Gasteiger partial charge in [-0.15, -0.1) is 0 Å². The maximum Gasteiger partial charge on any atom is 0.226 e. The molecule has 0 saturated carbocycles. The molecule has 1 aromatic heterocycles.